The van der Waals surface area contributed by atoms with Gasteiger partial charge in [0.2, 0.25) is 17.7 Å². The SMILES string of the molecule is CCCN1CC=C[C@H]2S[C@]34C=CCN(C(C)(C)CC(C)(C)C)C(=O)C3N(CCCCO)C(=O)[C@@H]4[C@H]2C1=O. The largest absolute Gasteiger partial charge is 0.396 e. The van der Waals surface area contributed by atoms with Crippen molar-refractivity contribution in [1.29, 1.82) is 0 Å². The number of rotatable bonds is 8. The van der Waals surface area contributed by atoms with Crippen LogP contribution in [0.1, 0.15) is 67.2 Å². The molecule has 5 atom stereocenters. The van der Waals surface area contributed by atoms with E-state index in [2.05, 4.69) is 65.8 Å². The second kappa shape index (κ2) is 10.4. The van der Waals surface area contributed by atoms with Crippen molar-refractivity contribution in [2.45, 2.75) is 88.8 Å². The van der Waals surface area contributed by atoms with E-state index in [1.165, 1.54) is 0 Å². The highest BCUT2D eigenvalue weighted by atomic mass is 32.2. The summed E-state index contributed by atoms with van der Waals surface area (Å²) in [4.78, 5) is 48.2. The van der Waals surface area contributed by atoms with Gasteiger partial charge in [0.15, 0.2) is 0 Å². The van der Waals surface area contributed by atoms with Crippen LogP contribution >= 0.6 is 11.8 Å². The quantitative estimate of drug-likeness (QED) is 0.383. The van der Waals surface area contributed by atoms with Crippen LogP contribution in [0.4, 0.5) is 0 Å². The van der Waals surface area contributed by atoms with Crippen molar-refractivity contribution >= 4 is 29.5 Å². The van der Waals surface area contributed by atoms with Gasteiger partial charge in [-0.15, -0.1) is 11.8 Å². The lowest BCUT2D eigenvalue weighted by Gasteiger charge is -2.44. The fourth-order valence-electron chi connectivity index (χ4n) is 7.23. The molecule has 4 aliphatic heterocycles. The van der Waals surface area contributed by atoms with Gasteiger partial charge in [0, 0.05) is 43.6 Å². The van der Waals surface area contributed by atoms with Crippen molar-refractivity contribution in [2.75, 3.05) is 32.8 Å². The van der Waals surface area contributed by atoms with E-state index in [1.54, 1.807) is 16.7 Å². The minimum absolute atomic E-state index is 0.0232. The molecule has 37 heavy (non-hydrogen) atoms. The fourth-order valence-corrected chi connectivity index (χ4v) is 9.24. The van der Waals surface area contributed by atoms with E-state index < -0.39 is 28.2 Å². The van der Waals surface area contributed by atoms with E-state index in [9.17, 15) is 19.5 Å². The minimum atomic E-state index is -0.773. The van der Waals surface area contributed by atoms with Gasteiger partial charge in [0.05, 0.1) is 16.6 Å². The number of fused-ring (bicyclic) bond motifs is 2. The minimum Gasteiger partial charge on any atom is -0.396 e. The van der Waals surface area contributed by atoms with Gasteiger partial charge in [-0.2, -0.15) is 0 Å². The average Bonchev–Trinajstić information content (AvgIpc) is 3.10. The first-order chi connectivity index (χ1) is 17.4. The van der Waals surface area contributed by atoms with Gasteiger partial charge >= 0.3 is 0 Å². The number of amides is 3. The highest BCUT2D eigenvalue weighted by Crippen LogP contribution is 2.61. The van der Waals surface area contributed by atoms with Crippen LogP contribution in [0.5, 0.6) is 0 Å². The highest BCUT2D eigenvalue weighted by Gasteiger charge is 2.71. The molecular formula is C29H45N3O4S. The molecule has 0 aromatic carbocycles. The Morgan fingerprint density at radius 3 is 2.38 bits per heavy atom. The zero-order valence-corrected chi connectivity index (χ0v) is 24.2. The topological polar surface area (TPSA) is 81.2 Å². The number of thioether (sulfide) groups is 1. The Morgan fingerprint density at radius 2 is 1.73 bits per heavy atom. The van der Waals surface area contributed by atoms with Crippen LogP contribution in [0.25, 0.3) is 0 Å². The molecule has 4 rings (SSSR count). The molecule has 0 radical (unpaired) electrons. The molecule has 1 unspecified atom stereocenters. The lowest BCUT2D eigenvalue weighted by Crippen LogP contribution is -2.58. The lowest BCUT2D eigenvalue weighted by atomic mass is 9.77. The molecule has 4 aliphatic rings. The van der Waals surface area contributed by atoms with E-state index in [0.29, 0.717) is 39.0 Å². The summed E-state index contributed by atoms with van der Waals surface area (Å²) in [6.45, 7) is 15.0. The maximum atomic E-state index is 14.5. The predicted octanol–water partition coefficient (Wildman–Crippen LogP) is 3.48. The zero-order chi connectivity index (χ0) is 27.2. The molecule has 1 N–H and O–H groups in total. The van der Waals surface area contributed by atoms with Crippen LogP contribution in [0.2, 0.25) is 0 Å². The second-order valence-corrected chi connectivity index (χ2v) is 14.4. The third-order valence-electron chi connectivity index (χ3n) is 8.24. The first-order valence-electron chi connectivity index (χ1n) is 13.9. The zero-order valence-electron chi connectivity index (χ0n) is 23.4. The number of hydrogen-bond acceptors (Lipinski definition) is 5. The van der Waals surface area contributed by atoms with Crippen LogP contribution in [0.3, 0.4) is 0 Å². The number of carbonyl (C=O) groups excluding carboxylic acids is 3. The number of likely N-dealkylation sites (tertiary alicyclic amines) is 1. The average molecular weight is 532 g/mol. The number of unbranched alkanes of at least 4 members (excludes halogenated alkanes) is 1. The summed E-state index contributed by atoms with van der Waals surface area (Å²) in [5.74, 6) is -1.12. The maximum Gasteiger partial charge on any atom is 0.247 e. The summed E-state index contributed by atoms with van der Waals surface area (Å²) in [6.07, 6.45) is 11.2. The number of aliphatic hydroxyl groups is 1. The van der Waals surface area contributed by atoms with Gasteiger partial charge < -0.3 is 19.8 Å². The highest BCUT2D eigenvalue weighted by molar-refractivity contribution is 8.02. The molecular weight excluding hydrogens is 486 g/mol. The fraction of sp³-hybridized carbons (Fsp3) is 0.759. The van der Waals surface area contributed by atoms with Crippen LogP contribution in [-0.2, 0) is 14.4 Å². The summed E-state index contributed by atoms with van der Waals surface area (Å²) in [5, 5.41) is 9.27. The number of nitrogens with zero attached hydrogens (tertiary/aromatic N) is 3. The number of aliphatic hydroxyl groups excluding tert-OH is 1. The van der Waals surface area contributed by atoms with Crippen LogP contribution in [0, 0.1) is 17.3 Å². The molecule has 2 fully saturated rings. The molecule has 0 bridgehead atoms. The van der Waals surface area contributed by atoms with Gasteiger partial charge in [0.25, 0.3) is 0 Å². The van der Waals surface area contributed by atoms with Crippen LogP contribution in [-0.4, -0.2) is 91.9 Å². The molecule has 0 saturated carbocycles. The molecule has 1 spiro atoms. The molecule has 8 heteroatoms. The van der Waals surface area contributed by atoms with Crippen molar-refractivity contribution in [2.24, 2.45) is 17.3 Å². The predicted molar refractivity (Wildman–Crippen MR) is 148 cm³/mol. The van der Waals surface area contributed by atoms with Gasteiger partial charge in [-0.1, -0.05) is 52.0 Å². The smallest absolute Gasteiger partial charge is 0.247 e. The van der Waals surface area contributed by atoms with Crippen molar-refractivity contribution in [3.05, 3.63) is 24.3 Å². The van der Waals surface area contributed by atoms with Crippen molar-refractivity contribution in [3.8, 4) is 0 Å². The van der Waals surface area contributed by atoms with Gasteiger partial charge in [-0.25, -0.2) is 0 Å². The normalized spacial score (nSPS) is 32.0. The Hall–Kier alpha value is -1.80. The second-order valence-electron chi connectivity index (χ2n) is 12.9. The van der Waals surface area contributed by atoms with Gasteiger partial charge in [-0.05, 0) is 44.9 Å². The van der Waals surface area contributed by atoms with E-state index in [4.69, 9.17) is 0 Å². The number of carbonyl (C=O) groups is 3. The van der Waals surface area contributed by atoms with E-state index in [1.807, 2.05) is 9.80 Å². The molecule has 0 aromatic rings. The van der Waals surface area contributed by atoms with E-state index in [0.717, 1.165) is 12.8 Å². The Labute approximate surface area is 226 Å². The van der Waals surface area contributed by atoms with Crippen molar-refractivity contribution in [1.82, 2.24) is 14.7 Å². The summed E-state index contributed by atoms with van der Waals surface area (Å²) in [6, 6.07) is -0.653. The standard InChI is InChI=1S/C29H45N3O4S/c1-7-14-30-15-10-12-20-21(24(30)34)22-25(35)31(16-8-9-18-33)23-26(36)32(17-11-13-29(22,23)37-20)28(5,6)19-27(2,3)4/h10-13,20-23,33H,7-9,14-19H2,1-6H3/t20-,21+,22+,23?,29+/m1/s1. The number of hydrogen-bond donors (Lipinski definition) is 1. The van der Waals surface area contributed by atoms with E-state index >= 15 is 0 Å². The molecule has 206 valence electrons. The lowest BCUT2D eigenvalue weighted by molar-refractivity contribution is -0.147. The molecule has 2 saturated heterocycles. The maximum absolute atomic E-state index is 14.5. The van der Waals surface area contributed by atoms with Gasteiger partial charge in [-0.3, -0.25) is 14.4 Å². The van der Waals surface area contributed by atoms with Gasteiger partial charge in [0.1, 0.15) is 6.04 Å². The summed E-state index contributed by atoms with van der Waals surface area (Å²) >= 11 is 1.64. The summed E-state index contributed by atoms with van der Waals surface area (Å²) < 4.78 is -0.773. The first-order valence-corrected chi connectivity index (χ1v) is 14.8. The van der Waals surface area contributed by atoms with E-state index in [-0.39, 0.29) is 35.0 Å². The van der Waals surface area contributed by atoms with Crippen LogP contribution in [0.15, 0.2) is 24.3 Å². The Bertz CT molecular complexity index is 971. The Kier molecular flexibility index (Phi) is 7.93. The molecule has 0 aliphatic carbocycles. The summed E-state index contributed by atoms with van der Waals surface area (Å²) in [7, 11) is 0. The first kappa shape index (κ1) is 28.2. The summed E-state index contributed by atoms with van der Waals surface area (Å²) in [5.41, 5.74) is -0.369. The van der Waals surface area contributed by atoms with Crippen molar-refractivity contribution in [3.63, 3.8) is 0 Å². The van der Waals surface area contributed by atoms with Crippen molar-refractivity contribution < 1.29 is 19.5 Å². The third kappa shape index (κ3) is 5.00. The molecule has 7 nitrogen and oxygen atoms in total. The van der Waals surface area contributed by atoms with Crippen LogP contribution < -0.4 is 0 Å². The molecule has 4 heterocycles. The molecule has 0 aromatic heterocycles. The Balaban J connectivity index is 1.78. The molecule has 3 amide bonds. The Morgan fingerprint density at radius 1 is 1.00 bits per heavy atom. The monoisotopic (exact) mass is 531 g/mol. The third-order valence-corrected chi connectivity index (χ3v) is 9.98.